The Bertz CT molecular complexity index is 1000. The first-order chi connectivity index (χ1) is 14.6. The molecule has 2 heterocycles. The summed E-state index contributed by atoms with van der Waals surface area (Å²) in [5, 5.41) is 7.76. The van der Waals surface area contributed by atoms with Crippen molar-refractivity contribution in [2.45, 2.75) is 25.3 Å². The monoisotopic (exact) mass is 425 g/mol. The van der Waals surface area contributed by atoms with Crippen molar-refractivity contribution in [2.24, 2.45) is 0 Å². The predicted octanol–water partition coefficient (Wildman–Crippen LogP) is 4.97. The van der Waals surface area contributed by atoms with Crippen LogP contribution in [0.5, 0.6) is 5.75 Å². The van der Waals surface area contributed by atoms with Crippen molar-refractivity contribution in [2.75, 3.05) is 25.5 Å². The molecule has 1 fully saturated rings. The third-order valence-corrected chi connectivity index (χ3v) is 5.60. The van der Waals surface area contributed by atoms with E-state index in [2.05, 4.69) is 27.5 Å². The van der Waals surface area contributed by atoms with Gasteiger partial charge in [-0.1, -0.05) is 41.0 Å². The van der Waals surface area contributed by atoms with E-state index in [1.54, 1.807) is 25.3 Å². The summed E-state index contributed by atoms with van der Waals surface area (Å²) < 4.78 is 10.6. The van der Waals surface area contributed by atoms with E-state index in [0.717, 1.165) is 43.2 Å². The Labute approximate surface area is 180 Å². The van der Waals surface area contributed by atoms with Crippen molar-refractivity contribution in [3.63, 3.8) is 0 Å². The molecule has 1 aromatic heterocycles. The number of amides is 1. The van der Waals surface area contributed by atoms with Crippen LogP contribution in [0.1, 0.15) is 40.6 Å². The van der Waals surface area contributed by atoms with Crippen molar-refractivity contribution < 1.29 is 14.1 Å². The van der Waals surface area contributed by atoms with E-state index in [0.29, 0.717) is 11.4 Å². The zero-order valence-electron chi connectivity index (χ0n) is 16.8. The topological polar surface area (TPSA) is 67.6 Å². The van der Waals surface area contributed by atoms with Crippen LogP contribution in [0.25, 0.3) is 0 Å². The largest absolute Gasteiger partial charge is 0.495 e. The number of piperidine rings is 1. The third-order valence-electron chi connectivity index (χ3n) is 5.35. The fraction of sp³-hybridized carbons (Fsp3) is 0.304. The van der Waals surface area contributed by atoms with Gasteiger partial charge in [0.15, 0.2) is 0 Å². The van der Waals surface area contributed by atoms with E-state index < -0.39 is 0 Å². The minimum atomic E-state index is -0.341. The molecule has 1 amide bonds. The number of likely N-dealkylation sites (tertiary alicyclic amines) is 1. The quantitative estimate of drug-likeness (QED) is 0.604. The molecule has 1 aliphatic rings. The lowest BCUT2D eigenvalue weighted by molar-refractivity contribution is 0.0987. The zero-order chi connectivity index (χ0) is 20.9. The van der Waals surface area contributed by atoms with Crippen LogP contribution in [0.2, 0.25) is 5.02 Å². The van der Waals surface area contributed by atoms with Gasteiger partial charge in [0.2, 0.25) is 5.76 Å². The number of aromatic nitrogens is 1. The van der Waals surface area contributed by atoms with Gasteiger partial charge in [-0.3, -0.25) is 9.69 Å². The molecule has 30 heavy (non-hydrogen) atoms. The number of methoxy groups -OCH3 is 1. The summed E-state index contributed by atoms with van der Waals surface area (Å²) in [4.78, 5) is 15.0. The SMILES string of the molecule is COc1ccccc1NC(=O)c1cc(C2CCCN(Cc3ccc(Cl)cc3)C2)no1. The molecule has 156 valence electrons. The first-order valence-electron chi connectivity index (χ1n) is 10.00. The molecule has 0 spiro atoms. The number of rotatable bonds is 6. The van der Waals surface area contributed by atoms with Gasteiger partial charge in [-0.2, -0.15) is 0 Å². The van der Waals surface area contributed by atoms with E-state index in [9.17, 15) is 4.79 Å². The van der Waals surface area contributed by atoms with Crippen LogP contribution in [0.15, 0.2) is 59.1 Å². The molecule has 1 saturated heterocycles. The van der Waals surface area contributed by atoms with Gasteiger partial charge in [-0.05, 0) is 49.2 Å². The molecule has 1 atom stereocenters. The number of hydrogen-bond donors (Lipinski definition) is 1. The Morgan fingerprint density at radius 3 is 2.87 bits per heavy atom. The number of benzene rings is 2. The van der Waals surface area contributed by atoms with Gasteiger partial charge in [0.05, 0.1) is 18.5 Å². The number of para-hydroxylation sites is 2. The van der Waals surface area contributed by atoms with Crippen molar-refractivity contribution in [1.82, 2.24) is 10.1 Å². The maximum atomic E-state index is 12.6. The molecule has 1 unspecified atom stereocenters. The summed E-state index contributed by atoms with van der Waals surface area (Å²) in [6, 6.07) is 17.0. The number of hydrogen-bond acceptors (Lipinski definition) is 5. The highest BCUT2D eigenvalue weighted by atomic mass is 35.5. The Morgan fingerprint density at radius 1 is 1.27 bits per heavy atom. The molecular weight excluding hydrogens is 402 g/mol. The van der Waals surface area contributed by atoms with Crippen LogP contribution >= 0.6 is 11.6 Å². The summed E-state index contributed by atoms with van der Waals surface area (Å²) >= 11 is 5.98. The molecule has 3 aromatic rings. The van der Waals surface area contributed by atoms with Gasteiger partial charge in [-0.15, -0.1) is 0 Å². The third kappa shape index (κ3) is 4.83. The Kier molecular flexibility index (Phi) is 6.35. The van der Waals surface area contributed by atoms with Gasteiger partial charge in [0.1, 0.15) is 5.75 Å². The standard InChI is InChI=1S/C23H24ClN3O3/c1-29-21-7-3-2-6-19(21)25-23(28)22-13-20(26-30-22)17-5-4-12-27(15-17)14-16-8-10-18(24)11-9-16/h2-3,6-11,13,17H,4-5,12,14-15H2,1H3,(H,25,28). The number of ether oxygens (including phenoxy) is 1. The number of anilines is 1. The predicted molar refractivity (Wildman–Crippen MR) is 116 cm³/mol. The Hall–Kier alpha value is -2.83. The van der Waals surface area contributed by atoms with E-state index >= 15 is 0 Å². The first kappa shape index (κ1) is 20.4. The maximum Gasteiger partial charge on any atom is 0.294 e. The summed E-state index contributed by atoms with van der Waals surface area (Å²) in [6.45, 7) is 2.79. The highest BCUT2D eigenvalue weighted by Gasteiger charge is 2.25. The van der Waals surface area contributed by atoms with Crippen LogP contribution < -0.4 is 10.1 Å². The maximum absolute atomic E-state index is 12.6. The lowest BCUT2D eigenvalue weighted by Crippen LogP contribution is -2.34. The molecular formula is C23H24ClN3O3. The van der Waals surface area contributed by atoms with E-state index in [1.165, 1.54) is 5.56 Å². The minimum absolute atomic E-state index is 0.200. The van der Waals surface area contributed by atoms with E-state index in [-0.39, 0.29) is 17.6 Å². The van der Waals surface area contributed by atoms with Crippen LogP contribution in [0.4, 0.5) is 5.69 Å². The second kappa shape index (κ2) is 9.32. The van der Waals surface area contributed by atoms with Crippen molar-refractivity contribution >= 4 is 23.2 Å². The highest BCUT2D eigenvalue weighted by Crippen LogP contribution is 2.29. The summed E-state index contributed by atoms with van der Waals surface area (Å²) in [5.74, 6) is 0.691. The molecule has 7 heteroatoms. The van der Waals surface area contributed by atoms with Gasteiger partial charge >= 0.3 is 0 Å². The minimum Gasteiger partial charge on any atom is -0.495 e. The number of nitrogens with zero attached hydrogens (tertiary/aromatic N) is 2. The average Bonchev–Trinajstić information content (AvgIpc) is 3.27. The Morgan fingerprint density at radius 2 is 2.07 bits per heavy atom. The summed E-state index contributed by atoms with van der Waals surface area (Å²) in [5.41, 5.74) is 2.65. The molecule has 0 saturated carbocycles. The van der Waals surface area contributed by atoms with Gasteiger partial charge in [-0.25, -0.2) is 0 Å². The number of carbonyl (C=O) groups excluding carboxylic acids is 1. The number of nitrogens with one attached hydrogen (secondary N) is 1. The molecule has 6 nitrogen and oxygen atoms in total. The Balaban J connectivity index is 1.40. The summed E-state index contributed by atoms with van der Waals surface area (Å²) in [7, 11) is 1.57. The van der Waals surface area contributed by atoms with Crippen molar-refractivity contribution in [3.8, 4) is 5.75 Å². The average molecular weight is 426 g/mol. The molecule has 0 aliphatic carbocycles. The fourth-order valence-electron chi connectivity index (χ4n) is 3.81. The lowest BCUT2D eigenvalue weighted by atomic mass is 9.94. The number of carbonyl (C=O) groups is 1. The molecule has 4 rings (SSSR count). The summed E-state index contributed by atoms with van der Waals surface area (Å²) in [6.07, 6.45) is 2.10. The van der Waals surface area contributed by atoms with Crippen molar-refractivity contribution in [3.05, 3.63) is 76.6 Å². The smallest absolute Gasteiger partial charge is 0.294 e. The van der Waals surface area contributed by atoms with Crippen LogP contribution in [-0.4, -0.2) is 36.2 Å². The van der Waals surface area contributed by atoms with E-state index in [4.69, 9.17) is 20.9 Å². The second-order valence-electron chi connectivity index (χ2n) is 7.47. The fourth-order valence-corrected chi connectivity index (χ4v) is 3.93. The first-order valence-corrected chi connectivity index (χ1v) is 10.4. The van der Waals surface area contributed by atoms with Crippen LogP contribution in [-0.2, 0) is 6.54 Å². The second-order valence-corrected chi connectivity index (χ2v) is 7.91. The van der Waals surface area contributed by atoms with Crippen molar-refractivity contribution in [1.29, 1.82) is 0 Å². The number of halogens is 1. The van der Waals surface area contributed by atoms with Gasteiger partial charge < -0.3 is 14.6 Å². The molecule has 0 bridgehead atoms. The van der Waals surface area contributed by atoms with Crippen LogP contribution in [0, 0.1) is 0 Å². The molecule has 0 radical (unpaired) electrons. The lowest BCUT2D eigenvalue weighted by Gasteiger charge is -2.31. The van der Waals surface area contributed by atoms with Crippen LogP contribution in [0.3, 0.4) is 0 Å². The molecule has 1 N–H and O–H groups in total. The van der Waals surface area contributed by atoms with E-state index in [1.807, 2.05) is 24.3 Å². The normalized spacial score (nSPS) is 16.9. The highest BCUT2D eigenvalue weighted by molar-refractivity contribution is 6.30. The molecule has 1 aliphatic heterocycles. The van der Waals surface area contributed by atoms with Gasteiger partial charge in [0.25, 0.3) is 5.91 Å². The van der Waals surface area contributed by atoms with Gasteiger partial charge in [0, 0.05) is 30.1 Å². The zero-order valence-corrected chi connectivity index (χ0v) is 17.6. The molecule has 2 aromatic carbocycles.